The number of thioether (sulfide) groups is 1. The van der Waals surface area contributed by atoms with Crippen LogP contribution in [-0.4, -0.2) is 23.3 Å². The molecule has 0 saturated heterocycles. The molecule has 0 unspecified atom stereocenters. The van der Waals surface area contributed by atoms with E-state index in [1.165, 1.54) is 11.8 Å². The number of hydrogen-bond acceptors (Lipinski definition) is 3. The van der Waals surface area contributed by atoms with Gasteiger partial charge in [0.1, 0.15) is 5.75 Å². The Morgan fingerprint density at radius 2 is 1.80 bits per heavy atom. The van der Waals surface area contributed by atoms with Crippen LogP contribution in [0.1, 0.15) is 5.56 Å². The summed E-state index contributed by atoms with van der Waals surface area (Å²) in [5.41, 5.74) is 1.10. The number of phenols is 1. The summed E-state index contributed by atoms with van der Waals surface area (Å²) < 4.78 is 0. The fourth-order valence-electron chi connectivity index (χ4n) is 1.89. The first-order chi connectivity index (χ1) is 9.70. The third kappa shape index (κ3) is 3.78. The zero-order chi connectivity index (χ0) is 14.4. The maximum Gasteiger partial charge on any atom is 0.233 e. The van der Waals surface area contributed by atoms with Gasteiger partial charge in [0.05, 0.1) is 5.25 Å². The number of para-hydroxylation sites is 1. The van der Waals surface area contributed by atoms with Crippen LogP contribution in [0.4, 0.5) is 0 Å². The zero-order valence-corrected chi connectivity index (χ0v) is 12.1. The van der Waals surface area contributed by atoms with Gasteiger partial charge < -0.3 is 10.4 Å². The molecule has 0 radical (unpaired) electrons. The van der Waals surface area contributed by atoms with E-state index in [4.69, 9.17) is 0 Å². The normalized spacial score (nSPS) is 11.8. The molecule has 1 amide bonds. The van der Waals surface area contributed by atoms with Crippen LogP contribution in [0.3, 0.4) is 0 Å². The van der Waals surface area contributed by atoms with Crippen molar-refractivity contribution in [2.45, 2.75) is 16.6 Å². The summed E-state index contributed by atoms with van der Waals surface area (Å²) in [6.07, 6.45) is 0.625. The van der Waals surface area contributed by atoms with E-state index in [9.17, 15) is 9.90 Å². The summed E-state index contributed by atoms with van der Waals surface area (Å²) >= 11 is 1.38. The van der Waals surface area contributed by atoms with Gasteiger partial charge in [-0.2, -0.15) is 0 Å². The van der Waals surface area contributed by atoms with Crippen LogP contribution in [0.5, 0.6) is 5.75 Å². The van der Waals surface area contributed by atoms with Gasteiger partial charge in [-0.1, -0.05) is 42.5 Å². The summed E-state index contributed by atoms with van der Waals surface area (Å²) in [6.45, 7) is 0. The molecule has 0 saturated carbocycles. The van der Waals surface area contributed by atoms with Crippen LogP contribution < -0.4 is 5.32 Å². The predicted octanol–water partition coefficient (Wildman–Crippen LogP) is 2.84. The molecule has 0 aliphatic heterocycles. The van der Waals surface area contributed by atoms with Gasteiger partial charge in [0.2, 0.25) is 5.91 Å². The lowest BCUT2D eigenvalue weighted by atomic mass is 10.1. The molecule has 0 heterocycles. The molecule has 2 aromatic carbocycles. The van der Waals surface area contributed by atoms with Gasteiger partial charge in [0.25, 0.3) is 0 Å². The lowest BCUT2D eigenvalue weighted by molar-refractivity contribution is -0.120. The van der Waals surface area contributed by atoms with Crippen LogP contribution in [0.15, 0.2) is 59.5 Å². The van der Waals surface area contributed by atoms with E-state index in [1.54, 1.807) is 19.2 Å². The third-order valence-electron chi connectivity index (χ3n) is 2.94. The number of nitrogens with one attached hydrogen (secondary N) is 1. The topological polar surface area (TPSA) is 49.3 Å². The minimum absolute atomic E-state index is 0.0397. The van der Waals surface area contributed by atoms with Crippen molar-refractivity contribution < 1.29 is 9.90 Å². The van der Waals surface area contributed by atoms with Gasteiger partial charge in [0.15, 0.2) is 0 Å². The minimum atomic E-state index is -0.268. The maximum atomic E-state index is 12.0. The van der Waals surface area contributed by atoms with Gasteiger partial charge in [-0.25, -0.2) is 0 Å². The first-order valence-corrected chi connectivity index (χ1v) is 7.29. The van der Waals surface area contributed by atoms with Gasteiger partial charge in [-0.15, -0.1) is 11.8 Å². The van der Waals surface area contributed by atoms with Crippen LogP contribution in [0.2, 0.25) is 0 Å². The van der Waals surface area contributed by atoms with Crippen molar-refractivity contribution in [1.29, 1.82) is 0 Å². The van der Waals surface area contributed by atoms with Crippen molar-refractivity contribution in [2.24, 2.45) is 0 Å². The van der Waals surface area contributed by atoms with Crippen molar-refractivity contribution in [2.75, 3.05) is 7.05 Å². The highest BCUT2D eigenvalue weighted by atomic mass is 32.2. The first kappa shape index (κ1) is 14.5. The fraction of sp³-hybridized carbons (Fsp3) is 0.188. The van der Waals surface area contributed by atoms with Crippen molar-refractivity contribution >= 4 is 17.7 Å². The smallest absolute Gasteiger partial charge is 0.233 e. The highest BCUT2D eigenvalue weighted by Gasteiger charge is 2.20. The Morgan fingerprint density at radius 1 is 1.15 bits per heavy atom. The highest BCUT2D eigenvalue weighted by molar-refractivity contribution is 8.00. The summed E-state index contributed by atoms with van der Waals surface area (Å²) in [7, 11) is 1.63. The SMILES string of the molecule is CNC(=O)[C@@H](Cc1ccccc1)Sc1ccccc1O. The second kappa shape index (κ2) is 7.01. The summed E-state index contributed by atoms with van der Waals surface area (Å²) in [4.78, 5) is 12.7. The molecule has 2 aromatic rings. The largest absolute Gasteiger partial charge is 0.507 e. The Labute approximate surface area is 123 Å². The van der Waals surface area contributed by atoms with Gasteiger partial charge in [0, 0.05) is 11.9 Å². The Hall–Kier alpha value is -1.94. The predicted molar refractivity (Wildman–Crippen MR) is 82.0 cm³/mol. The molecule has 1 atom stereocenters. The molecule has 104 valence electrons. The molecule has 0 fully saturated rings. The average molecular weight is 287 g/mol. The quantitative estimate of drug-likeness (QED) is 0.831. The van der Waals surface area contributed by atoms with Crippen LogP contribution in [0.25, 0.3) is 0 Å². The highest BCUT2D eigenvalue weighted by Crippen LogP contribution is 2.32. The monoisotopic (exact) mass is 287 g/mol. The number of rotatable bonds is 5. The van der Waals surface area contributed by atoms with Crippen molar-refractivity contribution in [3.63, 3.8) is 0 Å². The van der Waals surface area contributed by atoms with Gasteiger partial charge in [-0.05, 0) is 24.1 Å². The van der Waals surface area contributed by atoms with E-state index in [0.717, 1.165) is 10.5 Å². The number of carbonyl (C=O) groups is 1. The molecule has 0 spiro atoms. The third-order valence-corrected chi connectivity index (χ3v) is 4.20. The van der Waals surface area contributed by atoms with Gasteiger partial charge in [-0.3, -0.25) is 4.79 Å². The lowest BCUT2D eigenvalue weighted by Crippen LogP contribution is -2.31. The second-order valence-corrected chi connectivity index (χ2v) is 5.62. The van der Waals surface area contributed by atoms with Crippen molar-refractivity contribution in [1.82, 2.24) is 5.32 Å². The van der Waals surface area contributed by atoms with Crippen LogP contribution in [0, 0.1) is 0 Å². The van der Waals surface area contributed by atoms with Crippen LogP contribution >= 0.6 is 11.8 Å². The molecule has 4 heteroatoms. The molecule has 0 bridgehead atoms. The molecule has 0 aromatic heterocycles. The summed E-state index contributed by atoms with van der Waals surface area (Å²) in [6, 6.07) is 16.9. The number of benzene rings is 2. The van der Waals surface area contributed by atoms with E-state index in [0.29, 0.717) is 6.42 Å². The fourth-order valence-corrected chi connectivity index (χ4v) is 3.04. The Balaban J connectivity index is 2.16. The second-order valence-electron chi connectivity index (χ2n) is 4.38. The summed E-state index contributed by atoms with van der Waals surface area (Å²) in [5, 5.41) is 12.2. The maximum absolute atomic E-state index is 12.0. The standard InChI is InChI=1S/C16H17NO2S/c1-17-16(19)15(11-12-7-3-2-4-8-12)20-14-10-6-5-9-13(14)18/h2-10,15,18H,11H2,1H3,(H,17,19)/t15-/m1/s1. The molecule has 20 heavy (non-hydrogen) atoms. The molecule has 2 N–H and O–H groups in total. The zero-order valence-electron chi connectivity index (χ0n) is 11.2. The molecular weight excluding hydrogens is 270 g/mol. The van der Waals surface area contributed by atoms with Crippen LogP contribution in [-0.2, 0) is 11.2 Å². The number of hydrogen-bond donors (Lipinski definition) is 2. The van der Waals surface area contributed by atoms with E-state index in [2.05, 4.69) is 5.32 Å². The van der Waals surface area contributed by atoms with E-state index in [-0.39, 0.29) is 16.9 Å². The minimum Gasteiger partial charge on any atom is -0.507 e. The molecule has 0 aliphatic rings. The first-order valence-electron chi connectivity index (χ1n) is 6.41. The lowest BCUT2D eigenvalue weighted by Gasteiger charge is -2.15. The van der Waals surface area contributed by atoms with Crippen molar-refractivity contribution in [3.05, 3.63) is 60.2 Å². The Morgan fingerprint density at radius 3 is 2.45 bits per heavy atom. The molecular formula is C16H17NO2S. The molecule has 3 nitrogen and oxygen atoms in total. The molecule has 2 rings (SSSR count). The number of carbonyl (C=O) groups excluding carboxylic acids is 1. The average Bonchev–Trinajstić information content (AvgIpc) is 2.49. The van der Waals surface area contributed by atoms with Crippen molar-refractivity contribution in [3.8, 4) is 5.75 Å². The van der Waals surface area contributed by atoms with E-state index < -0.39 is 0 Å². The molecule has 0 aliphatic carbocycles. The Kier molecular flexibility index (Phi) is 5.07. The van der Waals surface area contributed by atoms with Gasteiger partial charge >= 0.3 is 0 Å². The van der Waals surface area contributed by atoms with E-state index >= 15 is 0 Å². The summed E-state index contributed by atoms with van der Waals surface area (Å²) in [5.74, 6) is 0.168. The number of aromatic hydroxyl groups is 1. The van der Waals surface area contributed by atoms with E-state index in [1.807, 2.05) is 42.5 Å². The Bertz CT molecular complexity index is 572. The number of phenolic OH excluding ortho intramolecular Hbond substituents is 1. The number of amides is 1.